The molecule has 0 spiro atoms. The highest BCUT2D eigenvalue weighted by molar-refractivity contribution is 6.04. The Bertz CT molecular complexity index is 1020. The van der Waals surface area contributed by atoms with E-state index in [0.29, 0.717) is 16.9 Å². The number of benzene rings is 1. The van der Waals surface area contributed by atoms with Gasteiger partial charge in [0.2, 0.25) is 5.91 Å². The third kappa shape index (κ3) is 2.82. The van der Waals surface area contributed by atoms with Gasteiger partial charge in [0.1, 0.15) is 17.4 Å². The van der Waals surface area contributed by atoms with Crippen LogP contribution < -0.4 is 11.1 Å². The highest BCUT2D eigenvalue weighted by atomic mass is 16.2. The Labute approximate surface area is 148 Å². The Morgan fingerprint density at radius 2 is 2.04 bits per heavy atom. The number of hydrogen-bond acceptors (Lipinski definition) is 5. The summed E-state index contributed by atoms with van der Waals surface area (Å²) >= 11 is 0. The Morgan fingerprint density at radius 1 is 1.19 bits per heavy atom. The number of hydrogen-bond donors (Lipinski definition) is 4. The number of aromatic amines is 2. The maximum atomic E-state index is 12.7. The summed E-state index contributed by atoms with van der Waals surface area (Å²) in [5.74, 6) is -0.244. The van der Waals surface area contributed by atoms with Gasteiger partial charge in [0, 0.05) is 30.1 Å². The zero-order valence-electron chi connectivity index (χ0n) is 13.8. The maximum absolute atomic E-state index is 12.7. The molecule has 0 aliphatic rings. The van der Waals surface area contributed by atoms with Gasteiger partial charge in [-0.1, -0.05) is 30.3 Å². The number of aromatic nitrogens is 5. The number of rotatable bonds is 5. The molecule has 0 unspecified atom stereocenters. The molecule has 1 aromatic carbocycles. The van der Waals surface area contributed by atoms with E-state index in [1.165, 1.54) is 6.33 Å². The van der Waals surface area contributed by atoms with Gasteiger partial charge < -0.3 is 16.0 Å². The first-order chi connectivity index (χ1) is 12.8. The first kappa shape index (κ1) is 16.0. The highest BCUT2D eigenvalue weighted by Gasteiger charge is 2.21. The molecule has 1 amide bonds. The second kappa shape index (κ2) is 6.77. The minimum Gasteiger partial charge on any atom is -0.356 e. The number of nitrogens with two attached hydrogens (primary N) is 1. The standard InChI is InChI=1S/C18H17N7O/c19-6-13(11-4-2-1-3-5-11)18(26)25-17-16-15(21-10-22-17)14(9-20-16)12-7-23-24-8-12/h1-5,7-10,13,20H,6,19H2,(H,23,24)(H,21,22,25,26)/t13-/m1/s1. The number of amides is 1. The lowest BCUT2D eigenvalue weighted by Gasteiger charge is -2.15. The largest absolute Gasteiger partial charge is 0.356 e. The first-order valence-electron chi connectivity index (χ1n) is 8.15. The average Bonchev–Trinajstić information content (AvgIpc) is 3.33. The third-order valence-electron chi connectivity index (χ3n) is 4.27. The van der Waals surface area contributed by atoms with Gasteiger partial charge in [0.05, 0.1) is 12.1 Å². The summed E-state index contributed by atoms with van der Waals surface area (Å²) in [6.45, 7) is 0.203. The van der Waals surface area contributed by atoms with Crippen LogP contribution in [0.3, 0.4) is 0 Å². The first-order valence-corrected chi connectivity index (χ1v) is 8.15. The fourth-order valence-electron chi connectivity index (χ4n) is 2.94. The molecule has 0 radical (unpaired) electrons. The van der Waals surface area contributed by atoms with E-state index in [0.717, 1.165) is 16.7 Å². The third-order valence-corrected chi connectivity index (χ3v) is 4.27. The van der Waals surface area contributed by atoms with Gasteiger partial charge in [-0.3, -0.25) is 9.89 Å². The molecule has 5 N–H and O–H groups in total. The van der Waals surface area contributed by atoms with Gasteiger partial charge >= 0.3 is 0 Å². The molecule has 8 heteroatoms. The highest BCUT2D eigenvalue weighted by Crippen LogP contribution is 2.29. The number of fused-ring (bicyclic) bond motifs is 1. The molecule has 26 heavy (non-hydrogen) atoms. The van der Waals surface area contributed by atoms with E-state index in [1.807, 2.05) is 36.5 Å². The van der Waals surface area contributed by atoms with E-state index < -0.39 is 5.92 Å². The second-order valence-electron chi connectivity index (χ2n) is 5.82. The lowest BCUT2D eigenvalue weighted by molar-refractivity contribution is -0.117. The monoisotopic (exact) mass is 347 g/mol. The summed E-state index contributed by atoms with van der Waals surface area (Å²) in [7, 11) is 0. The van der Waals surface area contributed by atoms with Crippen molar-refractivity contribution in [2.45, 2.75) is 5.92 Å². The van der Waals surface area contributed by atoms with Crippen LogP contribution in [0.15, 0.2) is 55.2 Å². The Hall–Kier alpha value is -3.52. The van der Waals surface area contributed by atoms with Gasteiger partial charge in [-0.05, 0) is 5.56 Å². The maximum Gasteiger partial charge on any atom is 0.234 e. The summed E-state index contributed by atoms with van der Waals surface area (Å²) in [6.07, 6.45) is 6.73. The van der Waals surface area contributed by atoms with Gasteiger partial charge in [-0.25, -0.2) is 9.97 Å². The fourth-order valence-corrected chi connectivity index (χ4v) is 2.94. The molecule has 0 aliphatic heterocycles. The number of nitrogens with zero attached hydrogens (tertiary/aromatic N) is 3. The van der Waals surface area contributed by atoms with E-state index >= 15 is 0 Å². The number of carbonyl (C=O) groups excluding carboxylic acids is 1. The van der Waals surface area contributed by atoms with Gasteiger partial charge in [0.15, 0.2) is 5.82 Å². The van der Waals surface area contributed by atoms with E-state index in [2.05, 4.69) is 30.5 Å². The van der Waals surface area contributed by atoms with Crippen LogP contribution in [0.1, 0.15) is 11.5 Å². The summed E-state index contributed by atoms with van der Waals surface area (Å²) in [4.78, 5) is 24.4. The molecular formula is C18H17N7O. The van der Waals surface area contributed by atoms with Crippen molar-refractivity contribution in [3.05, 3.63) is 60.8 Å². The van der Waals surface area contributed by atoms with Gasteiger partial charge in [-0.2, -0.15) is 5.10 Å². The Morgan fingerprint density at radius 3 is 2.77 bits per heavy atom. The SMILES string of the molecule is NC[C@@H](C(=O)Nc1ncnc2c(-c3cn[nH]c3)c[nH]c12)c1ccccc1. The number of nitrogens with one attached hydrogen (secondary N) is 3. The second-order valence-corrected chi connectivity index (χ2v) is 5.82. The normalized spacial score (nSPS) is 12.2. The van der Waals surface area contributed by atoms with Crippen LogP contribution in [0, 0.1) is 0 Å². The predicted molar refractivity (Wildman–Crippen MR) is 98.3 cm³/mol. The van der Waals surface area contributed by atoms with Crippen molar-refractivity contribution < 1.29 is 4.79 Å². The van der Waals surface area contributed by atoms with Crippen molar-refractivity contribution in [2.24, 2.45) is 5.73 Å². The molecule has 0 saturated heterocycles. The molecule has 130 valence electrons. The topological polar surface area (TPSA) is 125 Å². The average molecular weight is 347 g/mol. The van der Waals surface area contributed by atoms with Crippen LogP contribution in [0.25, 0.3) is 22.2 Å². The van der Waals surface area contributed by atoms with Crippen molar-refractivity contribution in [1.82, 2.24) is 25.1 Å². The Balaban J connectivity index is 1.66. The predicted octanol–water partition coefficient (Wildman–Crippen LogP) is 2.03. The molecule has 1 atom stereocenters. The van der Waals surface area contributed by atoms with Gasteiger partial charge in [0.25, 0.3) is 0 Å². The van der Waals surface area contributed by atoms with Crippen LogP contribution in [0.4, 0.5) is 5.82 Å². The zero-order chi connectivity index (χ0) is 17.9. The van der Waals surface area contributed by atoms with Crippen LogP contribution in [0.2, 0.25) is 0 Å². The van der Waals surface area contributed by atoms with Crippen LogP contribution in [0.5, 0.6) is 0 Å². The molecule has 0 saturated carbocycles. The van der Waals surface area contributed by atoms with Crippen LogP contribution in [-0.2, 0) is 4.79 Å². The molecule has 8 nitrogen and oxygen atoms in total. The molecule has 3 aromatic heterocycles. The Kier molecular flexibility index (Phi) is 4.16. The summed E-state index contributed by atoms with van der Waals surface area (Å²) < 4.78 is 0. The summed E-state index contributed by atoms with van der Waals surface area (Å²) in [5, 5.41) is 9.61. The van der Waals surface area contributed by atoms with E-state index in [-0.39, 0.29) is 12.5 Å². The molecular weight excluding hydrogens is 330 g/mol. The van der Waals surface area contributed by atoms with E-state index in [9.17, 15) is 4.79 Å². The minimum absolute atomic E-state index is 0.203. The molecule has 0 fully saturated rings. The quantitative estimate of drug-likeness (QED) is 0.439. The lowest BCUT2D eigenvalue weighted by Crippen LogP contribution is -2.27. The van der Waals surface area contributed by atoms with Crippen molar-refractivity contribution >= 4 is 22.8 Å². The zero-order valence-corrected chi connectivity index (χ0v) is 13.8. The summed E-state index contributed by atoms with van der Waals surface area (Å²) in [6, 6.07) is 9.45. The van der Waals surface area contributed by atoms with Crippen molar-refractivity contribution in [2.75, 3.05) is 11.9 Å². The smallest absolute Gasteiger partial charge is 0.234 e. The van der Waals surface area contributed by atoms with Crippen molar-refractivity contribution in [1.29, 1.82) is 0 Å². The van der Waals surface area contributed by atoms with Crippen LogP contribution in [-0.4, -0.2) is 37.6 Å². The molecule has 4 aromatic rings. The molecule has 4 rings (SSSR count). The number of carbonyl (C=O) groups is 1. The van der Waals surface area contributed by atoms with Crippen molar-refractivity contribution in [3.8, 4) is 11.1 Å². The fraction of sp³-hybridized carbons (Fsp3) is 0.111. The molecule has 0 aliphatic carbocycles. The minimum atomic E-state index is -0.454. The van der Waals surface area contributed by atoms with E-state index in [1.54, 1.807) is 12.4 Å². The van der Waals surface area contributed by atoms with Crippen molar-refractivity contribution in [3.63, 3.8) is 0 Å². The van der Waals surface area contributed by atoms with Crippen LogP contribution >= 0.6 is 0 Å². The lowest BCUT2D eigenvalue weighted by atomic mass is 9.98. The molecule has 3 heterocycles. The number of H-pyrrole nitrogens is 2. The van der Waals surface area contributed by atoms with Gasteiger partial charge in [-0.15, -0.1) is 0 Å². The number of anilines is 1. The summed E-state index contributed by atoms with van der Waals surface area (Å²) in [5.41, 5.74) is 9.83. The van der Waals surface area contributed by atoms with E-state index in [4.69, 9.17) is 5.73 Å². The molecule has 0 bridgehead atoms.